The highest BCUT2D eigenvalue weighted by Gasteiger charge is 2.29. The minimum Gasteiger partial charge on any atom is -0.392 e. The zero-order valence-corrected chi connectivity index (χ0v) is 16.4. The number of rotatable bonds is 3. The molecule has 3 heterocycles. The average molecular weight is 360 g/mol. The lowest BCUT2D eigenvalue weighted by Gasteiger charge is -2.33. The summed E-state index contributed by atoms with van der Waals surface area (Å²) in [5, 5.41) is 11.0. The van der Waals surface area contributed by atoms with Crippen LogP contribution in [0.4, 0.5) is 0 Å². The second-order valence-electron chi connectivity index (χ2n) is 8.70. The molecule has 1 N–H and O–H groups in total. The normalized spacial score (nSPS) is 25.0. The van der Waals surface area contributed by atoms with Crippen LogP contribution in [0.1, 0.15) is 68.3 Å². The van der Waals surface area contributed by atoms with Gasteiger partial charge in [-0.15, -0.1) is 11.3 Å². The molecule has 2 fully saturated rings. The van der Waals surface area contributed by atoms with E-state index in [9.17, 15) is 5.11 Å². The third-order valence-electron chi connectivity index (χ3n) is 5.96. The maximum atomic E-state index is 9.79. The number of β-amino-alcohol motifs (C(OH)–C–C–N with tert-alkyl or cyclic N) is 1. The number of aryl methyl sites for hydroxylation is 1. The van der Waals surface area contributed by atoms with Crippen molar-refractivity contribution in [2.45, 2.75) is 71.4 Å². The molecule has 1 aliphatic carbocycles. The number of fused-ring (bicyclic) bond motifs is 1. The zero-order valence-electron chi connectivity index (χ0n) is 15.6. The SMILES string of the molecule is Cc1nc(CN2CC[C@H](O)C2)c2cc(C3CCC(C)(C)CC3)sc2n1. The monoisotopic (exact) mass is 359 g/mol. The third-order valence-corrected chi connectivity index (χ3v) is 7.16. The molecule has 2 aromatic rings. The first-order chi connectivity index (χ1) is 11.9. The van der Waals surface area contributed by atoms with Crippen LogP contribution in [0.2, 0.25) is 0 Å². The van der Waals surface area contributed by atoms with Crippen molar-refractivity contribution in [3.63, 3.8) is 0 Å². The van der Waals surface area contributed by atoms with Crippen molar-refractivity contribution in [3.05, 3.63) is 22.5 Å². The number of hydrogen-bond acceptors (Lipinski definition) is 5. The molecule has 5 heteroatoms. The lowest BCUT2D eigenvalue weighted by atomic mass is 9.73. The first-order valence-corrected chi connectivity index (χ1v) is 10.4. The quantitative estimate of drug-likeness (QED) is 0.890. The number of hydrogen-bond donors (Lipinski definition) is 1. The maximum Gasteiger partial charge on any atom is 0.127 e. The molecule has 0 radical (unpaired) electrons. The van der Waals surface area contributed by atoms with Gasteiger partial charge in [-0.05, 0) is 56.4 Å². The molecular weight excluding hydrogens is 330 g/mol. The smallest absolute Gasteiger partial charge is 0.127 e. The Balaban J connectivity index is 1.60. The van der Waals surface area contributed by atoms with Crippen LogP contribution in [0.25, 0.3) is 10.2 Å². The summed E-state index contributed by atoms with van der Waals surface area (Å²) >= 11 is 1.87. The third kappa shape index (κ3) is 3.74. The van der Waals surface area contributed by atoms with Crippen molar-refractivity contribution in [1.82, 2.24) is 14.9 Å². The Kier molecular flexibility index (Phi) is 4.59. The van der Waals surface area contributed by atoms with Crippen LogP contribution in [0.3, 0.4) is 0 Å². The van der Waals surface area contributed by atoms with Gasteiger partial charge < -0.3 is 5.11 Å². The topological polar surface area (TPSA) is 49.2 Å². The number of nitrogens with zero attached hydrogens (tertiary/aromatic N) is 3. The van der Waals surface area contributed by atoms with Gasteiger partial charge in [-0.3, -0.25) is 4.90 Å². The van der Waals surface area contributed by atoms with Crippen LogP contribution in [0.15, 0.2) is 6.07 Å². The Morgan fingerprint density at radius 1 is 1.24 bits per heavy atom. The highest BCUT2D eigenvalue weighted by Crippen LogP contribution is 2.45. The van der Waals surface area contributed by atoms with Gasteiger partial charge in [-0.2, -0.15) is 0 Å². The van der Waals surface area contributed by atoms with Crippen LogP contribution < -0.4 is 0 Å². The van der Waals surface area contributed by atoms with Crippen molar-refractivity contribution in [1.29, 1.82) is 0 Å². The van der Waals surface area contributed by atoms with Crippen LogP contribution in [0, 0.1) is 12.3 Å². The molecule has 0 aromatic carbocycles. The van der Waals surface area contributed by atoms with E-state index in [-0.39, 0.29) is 6.10 Å². The van der Waals surface area contributed by atoms with Crippen LogP contribution in [0.5, 0.6) is 0 Å². The molecule has 136 valence electrons. The molecule has 2 aromatic heterocycles. The molecule has 1 saturated carbocycles. The van der Waals surface area contributed by atoms with Crippen LogP contribution in [-0.2, 0) is 6.54 Å². The Bertz CT molecular complexity index is 760. The molecule has 0 bridgehead atoms. The van der Waals surface area contributed by atoms with Gasteiger partial charge in [0.25, 0.3) is 0 Å². The van der Waals surface area contributed by atoms with E-state index in [1.165, 1.54) is 35.9 Å². The summed E-state index contributed by atoms with van der Waals surface area (Å²) in [5.41, 5.74) is 1.64. The van der Waals surface area contributed by atoms with E-state index < -0.39 is 0 Å². The van der Waals surface area contributed by atoms with Crippen LogP contribution in [-0.4, -0.2) is 39.2 Å². The van der Waals surface area contributed by atoms with Crippen LogP contribution >= 0.6 is 11.3 Å². The first kappa shape index (κ1) is 17.4. The summed E-state index contributed by atoms with van der Waals surface area (Å²) in [5.74, 6) is 1.55. The number of aliphatic hydroxyl groups excluding tert-OH is 1. The van der Waals surface area contributed by atoms with E-state index in [1.807, 2.05) is 18.3 Å². The molecule has 25 heavy (non-hydrogen) atoms. The Labute approximate surface area is 154 Å². The molecule has 0 unspecified atom stereocenters. The van der Waals surface area contributed by atoms with Gasteiger partial charge in [-0.1, -0.05) is 13.8 Å². The first-order valence-electron chi connectivity index (χ1n) is 9.57. The van der Waals surface area contributed by atoms with E-state index in [2.05, 4.69) is 24.8 Å². The average Bonchev–Trinajstić information content (AvgIpc) is 3.13. The van der Waals surface area contributed by atoms with Gasteiger partial charge in [0.15, 0.2) is 0 Å². The van der Waals surface area contributed by atoms with Crippen molar-refractivity contribution >= 4 is 21.6 Å². The minimum absolute atomic E-state index is 0.179. The number of aromatic nitrogens is 2. The van der Waals surface area contributed by atoms with Gasteiger partial charge in [-0.25, -0.2) is 9.97 Å². The summed E-state index contributed by atoms with van der Waals surface area (Å²) in [6.45, 7) is 9.33. The van der Waals surface area contributed by atoms with Crippen molar-refractivity contribution < 1.29 is 5.11 Å². The maximum absolute atomic E-state index is 9.79. The highest BCUT2D eigenvalue weighted by molar-refractivity contribution is 7.18. The predicted octanol–water partition coefficient (Wildman–Crippen LogP) is 4.25. The fourth-order valence-corrected chi connectivity index (χ4v) is 5.56. The largest absolute Gasteiger partial charge is 0.392 e. The van der Waals surface area contributed by atoms with Gasteiger partial charge in [0.1, 0.15) is 10.7 Å². The van der Waals surface area contributed by atoms with Gasteiger partial charge in [0.2, 0.25) is 0 Å². The molecule has 1 atom stereocenters. The fourth-order valence-electron chi connectivity index (χ4n) is 4.29. The van der Waals surface area contributed by atoms with E-state index in [1.54, 1.807) is 0 Å². The fraction of sp³-hybridized carbons (Fsp3) is 0.700. The number of likely N-dealkylation sites (tertiary alicyclic amines) is 1. The lowest BCUT2D eigenvalue weighted by Crippen LogP contribution is -2.22. The standard InChI is InChI=1S/C20H29N3OS/c1-13-21-17(12-23-9-6-15(24)11-23)16-10-18(25-19(16)22-13)14-4-7-20(2,3)8-5-14/h10,14-15,24H,4-9,11-12H2,1-3H3/t15-/m0/s1. The second-order valence-corrected chi connectivity index (χ2v) is 9.76. The number of thiophene rings is 1. The van der Waals surface area contributed by atoms with Gasteiger partial charge >= 0.3 is 0 Å². The van der Waals surface area contributed by atoms with E-state index >= 15 is 0 Å². The molecular formula is C20H29N3OS. The zero-order chi connectivity index (χ0) is 17.6. The predicted molar refractivity (Wildman–Crippen MR) is 103 cm³/mol. The summed E-state index contributed by atoms with van der Waals surface area (Å²) in [6.07, 6.45) is 5.91. The second kappa shape index (κ2) is 6.60. The van der Waals surface area contributed by atoms with Gasteiger partial charge in [0.05, 0.1) is 11.8 Å². The Morgan fingerprint density at radius 2 is 2.00 bits per heavy atom. The summed E-state index contributed by atoms with van der Waals surface area (Å²) in [7, 11) is 0. The summed E-state index contributed by atoms with van der Waals surface area (Å²) in [6, 6.07) is 2.37. The molecule has 4 rings (SSSR count). The number of aliphatic hydroxyl groups is 1. The van der Waals surface area contributed by atoms with Gasteiger partial charge in [0, 0.05) is 29.9 Å². The Hall–Kier alpha value is -1.04. The minimum atomic E-state index is -0.179. The van der Waals surface area contributed by atoms with E-state index in [0.717, 1.165) is 42.4 Å². The summed E-state index contributed by atoms with van der Waals surface area (Å²) in [4.78, 5) is 14.4. The molecule has 2 aliphatic rings. The molecule has 0 amide bonds. The van der Waals surface area contributed by atoms with Crippen molar-refractivity contribution in [2.75, 3.05) is 13.1 Å². The lowest BCUT2D eigenvalue weighted by molar-refractivity contribution is 0.174. The van der Waals surface area contributed by atoms with E-state index in [0.29, 0.717) is 11.3 Å². The molecule has 1 aliphatic heterocycles. The molecule has 0 spiro atoms. The Morgan fingerprint density at radius 3 is 2.68 bits per heavy atom. The van der Waals surface area contributed by atoms with E-state index in [4.69, 9.17) is 9.97 Å². The highest BCUT2D eigenvalue weighted by atomic mass is 32.1. The molecule has 1 saturated heterocycles. The van der Waals surface area contributed by atoms with Crippen molar-refractivity contribution in [3.8, 4) is 0 Å². The summed E-state index contributed by atoms with van der Waals surface area (Å²) < 4.78 is 0. The molecule has 4 nitrogen and oxygen atoms in total. The van der Waals surface area contributed by atoms with Crippen molar-refractivity contribution in [2.24, 2.45) is 5.41 Å².